The Morgan fingerprint density at radius 3 is 2.33 bits per heavy atom. The van der Waals surface area contributed by atoms with Crippen molar-refractivity contribution in [3.8, 4) is 5.75 Å². The zero-order valence-electron chi connectivity index (χ0n) is 15.8. The molecule has 3 aromatic rings. The van der Waals surface area contributed by atoms with Crippen molar-refractivity contribution in [2.24, 2.45) is 5.10 Å². The van der Waals surface area contributed by atoms with Crippen LogP contribution in [0, 0.1) is 5.82 Å². The molecule has 0 heterocycles. The van der Waals surface area contributed by atoms with E-state index in [-0.39, 0.29) is 10.9 Å². The third-order valence-corrected chi connectivity index (χ3v) is 3.99. The summed E-state index contributed by atoms with van der Waals surface area (Å²) < 4.78 is 18.2. The quantitative estimate of drug-likeness (QED) is 0.151. The number of thiocarbonyl (C=S) groups is 1. The first-order valence-electron chi connectivity index (χ1n) is 8.99. The van der Waals surface area contributed by atoms with E-state index in [1.807, 2.05) is 30.3 Å². The molecule has 3 aromatic carbocycles. The van der Waals surface area contributed by atoms with Crippen molar-refractivity contribution in [1.29, 1.82) is 0 Å². The Labute approximate surface area is 178 Å². The summed E-state index contributed by atoms with van der Waals surface area (Å²) in [6.45, 7) is 0. The monoisotopic (exact) mass is 419 g/mol. The Balaban J connectivity index is 1.46. The summed E-state index contributed by atoms with van der Waals surface area (Å²) in [5, 5.41) is 7.19. The number of rotatable bonds is 6. The molecule has 0 aliphatic rings. The Bertz CT molecular complexity index is 1050. The number of hydrazone groups is 1. The molecule has 3 rings (SSSR count). The number of hydrogen-bond acceptors (Lipinski definition) is 4. The minimum atomic E-state index is -0.459. The lowest BCUT2D eigenvalue weighted by Crippen LogP contribution is -2.23. The molecule has 0 aromatic heterocycles. The molecule has 0 aliphatic heterocycles. The standard InChI is InChI=1S/C23H18FN3O2S/c24-19-9-11-20(12-10-19)26-23(30)27-25-16-18-6-13-21(14-7-18)29-22(28)15-8-17-4-2-1-3-5-17/h1-16H,(H2,26,27,30)/b15-8+,25-16+. The third kappa shape index (κ3) is 6.96. The molecule has 30 heavy (non-hydrogen) atoms. The van der Waals surface area contributed by atoms with Crippen LogP contribution in [0.5, 0.6) is 5.75 Å². The predicted molar refractivity (Wildman–Crippen MR) is 121 cm³/mol. The zero-order valence-corrected chi connectivity index (χ0v) is 16.6. The molecule has 0 spiro atoms. The topological polar surface area (TPSA) is 62.7 Å². The average molecular weight is 419 g/mol. The van der Waals surface area contributed by atoms with Crippen LogP contribution in [-0.2, 0) is 4.79 Å². The second-order valence-corrected chi connectivity index (χ2v) is 6.47. The second kappa shape index (κ2) is 10.6. The number of halogens is 1. The predicted octanol–water partition coefficient (Wildman–Crippen LogP) is 4.77. The van der Waals surface area contributed by atoms with E-state index in [0.717, 1.165) is 11.1 Å². The van der Waals surface area contributed by atoms with Gasteiger partial charge in [0.25, 0.3) is 0 Å². The van der Waals surface area contributed by atoms with E-state index in [1.165, 1.54) is 18.2 Å². The van der Waals surface area contributed by atoms with Gasteiger partial charge in [0.2, 0.25) is 0 Å². The van der Waals surface area contributed by atoms with Crippen LogP contribution < -0.4 is 15.5 Å². The van der Waals surface area contributed by atoms with Gasteiger partial charge in [0.05, 0.1) is 6.21 Å². The fraction of sp³-hybridized carbons (Fsp3) is 0. The number of carbonyl (C=O) groups is 1. The van der Waals surface area contributed by atoms with Gasteiger partial charge in [-0.3, -0.25) is 5.43 Å². The van der Waals surface area contributed by atoms with Gasteiger partial charge in [-0.2, -0.15) is 5.10 Å². The van der Waals surface area contributed by atoms with E-state index in [9.17, 15) is 9.18 Å². The first kappa shape index (κ1) is 20.9. The van der Waals surface area contributed by atoms with Crippen LogP contribution in [0.3, 0.4) is 0 Å². The molecule has 0 saturated carbocycles. The molecule has 5 nitrogen and oxygen atoms in total. The lowest BCUT2D eigenvalue weighted by atomic mass is 10.2. The van der Waals surface area contributed by atoms with E-state index in [2.05, 4.69) is 15.8 Å². The summed E-state index contributed by atoms with van der Waals surface area (Å²) in [7, 11) is 0. The fourth-order valence-electron chi connectivity index (χ4n) is 2.36. The molecule has 0 atom stereocenters. The molecule has 0 aliphatic carbocycles. The van der Waals surface area contributed by atoms with Gasteiger partial charge in [-0.1, -0.05) is 30.3 Å². The minimum Gasteiger partial charge on any atom is -0.423 e. The number of ether oxygens (including phenoxy) is 1. The fourth-order valence-corrected chi connectivity index (χ4v) is 2.53. The molecule has 2 N–H and O–H groups in total. The van der Waals surface area contributed by atoms with E-state index in [4.69, 9.17) is 17.0 Å². The van der Waals surface area contributed by atoms with Crippen LogP contribution in [0.25, 0.3) is 6.08 Å². The van der Waals surface area contributed by atoms with Crippen LogP contribution >= 0.6 is 12.2 Å². The number of benzene rings is 3. The van der Waals surface area contributed by atoms with Gasteiger partial charge in [0, 0.05) is 11.8 Å². The van der Waals surface area contributed by atoms with Gasteiger partial charge in [-0.25, -0.2) is 9.18 Å². The van der Waals surface area contributed by atoms with Crippen LogP contribution in [0.1, 0.15) is 11.1 Å². The maximum atomic E-state index is 12.9. The lowest BCUT2D eigenvalue weighted by molar-refractivity contribution is -0.128. The maximum absolute atomic E-state index is 12.9. The van der Waals surface area contributed by atoms with Gasteiger partial charge in [-0.05, 0) is 78.0 Å². The zero-order chi connectivity index (χ0) is 21.2. The van der Waals surface area contributed by atoms with E-state index < -0.39 is 5.97 Å². The van der Waals surface area contributed by atoms with Crippen LogP contribution in [-0.4, -0.2) is 17.3 Å². The molecule has 0 unspecified atom stereocenters. The van der Waals surface area contributed by atoms with Gasteiger partial charge >= 0.3 is 5.97 Å². The molecule has 0 saturated heterocycles. The summed E-state index contributed by atoms with van der Waals surface area (Å²) in [6, 6.07) is 22.2. The van der Waals surface area contributed by atoms with Crippen molar-refractivity contribution in [3.05, 3.63) is 102 Å². The number of nitrogens with one attached hydrogen (secondary N) is 2. The molecule has 0 radical (unpaired) electrons. The van der Waals surface area contributed by atoms with Crippen molar-refractivity contribution >= 4 is 41.3 Å². The minimum absolute atomic E-state index is 0.272. The normalized spacial score (nSPS) is 10.8. The summed E-state index contributed by atoms with van der Waals surface area (Å²) in [4.78, 5) is 11.9. The highest BCUT2D eigenvalue weighted by molar-refractivity contribution is 7.80. The van der Waals surface area contributed by atoms with Gasteiger partial charge in [-0.15, -0.1) is 0 Å². The average Bonchev–Trinajstić information content (AvgIpc) is 2.76. The smallest absolute Gasteiger partial charge is 0.336 e. The SMILES string of the molecule is O=C(/C=C/c1ccccc1)Oc1ccc(/C=N/NC(=S)Nc2ccc(F)cc2)cc1. The third-order valence-electron chi connectivity index (χ3n) is 3.79. The van der Waals surface area contributed by atoms with Crippen molar-refractivity contribution in [3.63, 3.8) is 0 Å². The van der Waals surface area contributed by atoms with Crippen molar-refractivity contribution in [1.82, 2.24) is 5.43 Å². The number of nitrogens with zero attached hydrogens (tertiary/aromatic N) is 1. The molecular weight excluding hydrogens is 401 g/mol. The Kier molecular flexibility index (Phi) is 7.40. The second-order valence-electron chi connectivity index (χ2n) is 6.07. The number of anilines is 1. The van der Waals surface area contributed by atoms with Crippen LogP contribution in [0.4, 0.5) is 10.1 Å². The van der Waals surface area contributed by atoms with Gasteiger partial charge < -0.3 is 10.1 Å². The highest BCUT2D eigenvalue weighted by atomic mass is 32.1. The summed E-state index contributed by atoms with van der Waals surface area (Å²) in [5.41, 5.74) is 5.03. The maximum Gasteiger partial charge on any atom is 0.336 e. The first-order valence-corrected chi connectivity index (χ1v) is 9.40. The van der Waals surface area contributed by atoms with Crippen molar-refractivity contribution < 1.29 is 13.9 Å². The van der Waals surface area contributed by atoms with Crippen molar-refractivity contribution in [2.75, 3.05) is 5.32 Å². The molecule has 7 heteroatoms. The molecule has 150 valence electrons. The van der Waals surface area contributed by atoms with Crippen molar-refractivity contribution in [2.45, 2.75) is 0 Å². The highest BCUT2D eigenvalue weighted by Crippen LogP contribution is 2.12. The first-order chi connectivity index (χ1) is 14.6. The molecular formula is C23H18FN3O2S. The van der Waals surface area contributed by atoms with E-state index in [0.29, 0.717) is 11.4 Å². The number of carbonyl (C=O) groups excluding carboxylic acids is 1. The van der Waals surface area contributed by atoms with Gasteiger partial charge in [0.15, 0.2) is 5.11 Å². The number of esters is 1. The Morgan fingerprint density at radius 1 is 0.933 bits per heavy atom. The van der Waals surface area contributed by atoms with E-state index >= 15 is 0 Å². The molecule has 0 amide bonds. The summed E-state index contributed by atoms with van der Waals surface area (Å²) in [6.07, 6.45) is 4.64. The Hall–Kier alpha value is -3.84. The summed E-state index contributed by atoms with van der Waals surface area (Å²) >= 11 is 5.12. The van der Waals surface area contributed by atoms with Crippen LogP contribution in [0.2, 0.25) is 0 Å². The summed E-state index contributed by atoms with van der Waals surface area (Å²) in [5.74, 6) is -0.353. The lowest BCUT2D eigenvalue weighted by Gasteiger charge is -2.06. The molecule has 0 bridgehead atoms. The molecule has 0 fully saturated rings. The number of hydrogen-bond donors (Lipinski definition) is 2. The largest absolute Gasteiger partial charge is 0.423 e. The highest BCUT2D eigenvalue weighted by Gasteiger charge is 2.01. The Morgan fingerprint density at radius 2 is 1.63 bits per heavy atom. The van der Waals surface area contributed by atoms with Gasteiger partial charge in [0.1, 0.15) is 11.6 Å². The van der Waals surface area contributed by atoms with Crippen LogP contribution in [0.15, 0.2) is 90.0 Å². The van der Waals surface area contributed by atoms with E-state index in [1.54, 1.807) is 48.7 Å².